The van der Waals surface area contributed by atoms with Gasteiger partial charge in [-0.05, 0) is 51.4 Å². The summed E-state index contributed by atoms with van der Waals surface area (Å²) in [4.78, 5) is 0. The topological polar surface area (TPSA) is 0 Å². The van der Waals surface area contributed by atoms with Crippen LogP contribution in [-0.2, 0) is 0 Å². The van der Waals surface area contributed by atoms with Crippen LogP contribution in [0.5, 0.6) is 0 Å². The predicted molar refractivity (Wildman–Crippen MR) is 54.9 cm³/mol. The van der Waals surface area contributed by atoms with Gasteiger partial charge in [-0.25, -0.2) is 0 Å². The van der Waals surface area contributed by atoms with Gasteiger partial charge < -0.3 is 0 Å². The van der Waals surface area contributed by atoms with Crippen LogP contribution in [0.15, 0.2) is 24.3 Å². The second-order valence-electron chi connectivity index (χ2n) is 3.35. The Labute approximate surface area is 76.4 Å². The van der Waals surface area contributed by atoms with Crippen LogP contribution in [0.1, 0.15) is 44.9 Å². The molecule has 0 unspecified atom stereocenters. The molecule has 0 aliphatic heterocycles. The van der Waals surface area contributed by atoms with Crippen molar-refractivity contribution in [3.05, 3.63) is 30.7 Å². The molecule has 12 heavy (non-hydrogen) atoms. The first-order valence-electron chi connectivity index (χ1n) is 5.13. The van der Waals surface area contributed by atoms with Crippen LogP contribution in [0.2, 0.25) is 0 Å². The van der Waals surface area contributed by atoms with Gasteiger partial charge in [0.05, 0.1) is 0 Å². The largest absolute Gasteiger partial charge is 0.0885 e. The number of allylic oxidation sites excluding steroid dienone is 4. The summed E-state index contributed by atoms with van der Waals surface area (Å²) >= 11 is 0. The van der Waals surface area contributed by atoms with Gasteiger partial charge in [0.25, 0.3) is 0 Å². The molecule has 0 amide bonds. The zero-order valence-electron chi connectivity index (χ0n) is 7.84. The Kier molecular flexibility index (Phi) is 5.70. The molecular formula is C12H19. The van der Waals surface area contributed by atoms with Crippen molar-refractivity contribution in [3.8, 4) is 0 Å². The van der Waals surface area contributed by atoms with Gasteiger partial charge in [0.15, 0.2) is 0 Å². The SMILES string of the molecule is [CH]1/C=C/CCCC/C=C\CCC1. The Balaban J connectivity index is 2.18. The highest BCUT2D eigenvalue weighted by atomic mass is 13.9. The molecule has 0 saturated carbocycles. The van der Waals surface area contributed by atoms with Crippen molar-refractivity contribution in [2.45, 2.75) is 44.9 Å². The van der Waals surface area contributed by atoms with Crippen LogP contribution >= 0.6 is 0 Å². The Bertz CT molecular complexity index is 108. The van der Waals surface area contributed by atoms with Crippen molar-refractivity contribution < 1.29 is 0 Å². The van der Waals surface area contributed by atoms with Crippen LogP contribution < -0.4 is 0 Å². The van der Waals surface area contributed by atoms with Gasteiger partial charge in [-0.1, -0.05) is 24.3 Å². The summed E-state index contributed by atoms with van der Waals surface area (Å²) in [5.41, 5.74) is 0. The highest BCUT2D eigenvalue weighted by molar-refractivity contribution is 4.95. The number of hydrogen-bond donors (Lipinski definition) is 0. The molecule has 0 saturated heterocycles. The quantitative estimate of drug-likeness (QED) is 0.473. The third kappa shape index (κ3) is 5.17. The highest BCUT2D eigenvalue weighted by Crippen LogP contribution is 2.07. The summed E-state index contributed by atoms with van der Waals surface area (Å²) in [6, 6.07) is 0. The predicted octanol–water partition coefficient (Wildman–Crippen LogP) is 4.05. The Hall–Kier alpha value is -0.520. The minimum absolute atomic E-state index is 1.24. The van der Waals surface area contributed by atoms with E-state index in [1.807, 2.05) is 0 Å². The van der Waals surface area contributed by atoms with Gasteiger partial charge in [-0.2, -0.15) is 0 Å². The summed E-state index contributed by atoms with van der Waals surface area (Å²) in [7, 11) is 0. The summed E-state index contributed by atoms with van der Waals surface area (Å²) in [5, 5.41) is 0. The van der Waals surface area contributed by atoms with E-state index in [4.69, 9.17) is 0 Å². The molecule has 0 heteroatoms. The molecule has 0 spiro atoms. The van der Waals surface area contributed by atoms with E-state index in [1.54, 1.807) is 0 Å². The molecule has 0 aromatic heterocycles. The molecule has 67 valence electrons. The molecule has 0 bridgehead atoms. The first-order chi connectivity index (χ1) is 6.00. The lowest BCUT2D eigenvalue weighted by Crippen LogP contribution is -1.78. The lowest BCUT2D eigenvalue weighted by molar-refractivity contribution is 0.753. The molecular weight excluding hydrogens is 144 g/mol. The standard InChI is InChI=1S/C12H19/c1-2-4-6-8-10-12-11-9-7-5-3-1/h1-3,10,12H,4-9,11H2/b3-1+,12-10-. The van der Waals surface area contributed by atoms with E-state index in [0.717, 1.165) is 0 Å². The van der Waals surface area contributed by atoms with Crippen LogP contribution in [0.4, 0.5) is 0 Å². The van der Waals surface area contributed by atoms with Crippen LogP contribution in [0, 0.1) is 6.42 Å². The molecule has 1 radical (unpaired) electrons. The van der Waals surface area contributed by atoms with E-state index in [9.17, 15) is 0 Å². The summed E-state index contributed by atoms with van der Waals surface area (Å²) < 4.78 is 0. The average Bonchev–Trinajstić information content (AvgIpc) is 2.05. The maximum absolute atomic E-state index is 2.34. The first kappa shape index (κ1) is 9.57. The first-order valence-corrected chi connectivity index (χ1v) is 5.13. The molecule has 0 aromatic rings. The molecule has 0 atom stereocenters. The van der Waals surface area contributed by atoms with Crippen LogP contribution in [-0.4, -0.2) is 0 Å². The van der Waals surface area contributed by atoms with Gasteiger partial charge >= 0.3 is 0 Å². The van der Waals surface area contributed by atoms with Gasteiger partial charge in [-0.3, -0.25) is 0 Å². The summed E-state index contributed by atoms with van der Waals surface area (Å²) in [6.07, 6.45) is 20.5. The van der Waals surface area contributed by atoms with Crippen molar-refractivity contribution >= 4 is 0 Å². The molecule has 1 rings (SSSR count). The average molecular weight is 163 g/mol. The fourth-order valence-corrected chi connectivity index (χ4v) is 1.40. The fraction of sp³-hybridized carbons (Fsp3) is 0.583. The molecule has 0 heterocycles. The van der Waals surface area contributed by atoms with Gasteiger partial charge in [0.2, 0.25) is 0 Å². The molecule has 0 aromatic carbocycles. The maximum Gasteiger partial charge on any atom is -0.0170 e. The second kappa shape index (κ2) is 7.15. The van der Waals surface area contributed by atoms with Crippen molar-refractivity contribution in [2.24, 2.45) is 0 Å². The van der Waals surface area contributed by atoms with E-state index >= 15 is 0 Å². The van der Waals surface area contributed by atoms with Crippen molar-refractivity contribution in [1.82, 2.24) is 0 Å². The normalized spacial score (nSPS) is 26.7. The Morgan fingerprint density at radius 1 is 0.583 bits per heavy atom. The smallest absolute Gasteiger partial charge is 0.0170 e. The zero-order chi connectivity index (χ0) is 8.49. The van der Waals surface area contributed by atoms with E-state index in [1.165, 1.54) is 44.9 Å². The van der Waals surface area contributed by atoms with E-state index in [-0.39, 0.29) is 0 Å². The second-order valence-corrected chi connectivity index (χ2v) is 3.35. The van der Waals surface area contributed by atoms with Crippen molar-refractivity contribution in [1.29, 1.82) is 0 Å². The molecule has 1 aliphatic carbocycles. The van der Waals surface area contributed by atoms with Crippen LogP contribution in [0.25, 0.3) is 0 Å². The third-order valence-corrected chi connectivity index (χ3v) is 2.17. The number of hydrogen-bond acceptors (Lipinski definition) is 0. The monoisotopic (exact) mass is 163 g/mol. The Morgan fingerprint density at radius 2 is 1.25 bits per heavy atom. The molecule has 0 nitrogen and oxygen atoms in total. The molecule has 0 N–H and O–H groups in total. The summed E-state index contributed by atoms with van der Waals surface area (Å²) in [6.45, 7) is 0. The third-order valence-electron chi connectivity index (χ3n) is 2.17. The van der Waals surface area contributed by atoms with Crippen molar-refractivity contribution in [3.63, 3.8) is 0 Å². The molecule has 1 aliphatic rings. The lowest BCUT2D eigenvalue weighted by atomic mass is 10.1. The van der Waals surface area contributed by atoms with E-state index < -0.39 is 0 Å². The maximum atomic E-state index is 2.34. The van der Waals surface area contributed by atoms with Crippen molar-refractivity contribution in [2.75, 3.05) is 0 Å². The minimum Gasteiger partial charge on any atom is -0.0885 e. The van der Waals surface area contributed by atoms with Gasteiger partial charge in [0.1, 0.15) is 0 Å². The van der Waals surface area contributed by atoms with Gasteiger partial charge in [0, 0.05) is 0 Å². The van der Waals surface area contributed by atoms with E-state index in [2.05, 4.69) is 30.7 Å². The van der Waals surface area contributed by atoms with Gasteiger partial charge in [-0.15, -0.1) is 0 Å². The van der Waals surface area contributed by atoms with Crippen LogP contribution in [0.3, 0.4) is 0 Å². The minimum atomic E-state index is 1.24. The molecule has 0 fully saturated rings. The van der Waals surface area contributed by atoms with E-state index in [0.29, 0.717) is 0 Å². The highest BCUT2D eigenvalue weighted by Gasteiger charge is 1.87. The lowest BCUT2D eigenvalue weighted by Gasteiger charge is -1.97. The summed E-state index contributed by atoms with van der Waals surface area (Å²) in [5.74, 6) is 0. The zero-order valence-corrected chi connectivity index (χ0v) is 7.84. The number of rotatable bonds is 0. The Morgan fingerprint density at radius 3 is 2.08 bits per heavy atom. The fourth-order valence-electron chi connectivity index (χ4n) is 1.40.